The first-order valence-corrected chi connectivity index (χ1v) is 12.1. The summed E-state index contributed by atoms with van der Waals surface area (Å²) in [7, 11) is 0. The van der Waals surface area contributed by atoms with E-state index in [4.69, 9.17) is 0 Å². The Labute approximate surface area is 204 Å². The Bertz CT molecular complexity index is 1240. The van der Waals surface area contributed by atoms with Crippen LogP contribution >= 0.6 is 11.3 Å². The number of piperidine rings is 1. The molecule has 0 unspecified atom stereocenters. The molecule has 1 atom stereocenters. The Kier molecular flexibility index (Phi) is 6.06. The molecule has 0 radical (unpaired) electrons. The van der Waals surface area contributed by atoms with Crippen LogP contribution in [0.4, 0.5) is 13.6 Å². The fraction of sp³-hybridized carbons (Fsp3) is 0.280. The van der Waals surface area contributed by atoms with E-state index >= 15 is 0 Å². The molecule has 2 aliphatic rings. The average molecular weight is 497 g/mol. The van der Waals surface area contributed by atoms with Crippen LogP contribution in [0.5, 0.6) is 0 Å². The maximum absolute atomic E-state index is 13.8. The molecule has 0 spiro atoms. The van der Waals surface area contributed by atoms with Crippen molar-refractivity contribution in [2.75, 3.05) is 13.1 Å². The van der Waals surface area contributed by atoms with Crippen LogP contribution in [0.25, 0.3) is 0 Å². The number of amides is 4. The number of hydrogen-bond donors (Lipinski definition) is 1. The number of thiophene rings is 1. The minimum Gasteiger partial charge on any atom is -0.339 e. The summed E-state index contributed by atoms with van der Waals surface area (Å²) in [6.07, 6.45) is 4.01. The molecule has 10 heteroatoms. The highest BCUT2D eigenvalue weighted by Gasteiger charge is 2.57. The van der Waals surface area contributed by atoms with Gasteiger partial charge in [0.2, 0.25) is 0 Å². The van der Waals surface area contributed by atoms with Gasteiger partial charge in [-0.3, -0.25) is 19.5 Å². The normalized spacial score (nSPS) is 20.9. The maximum Gasteiger partial charge on any atom is 0.325 e. The Morgan fingerprint density at radius 1 is 1.14 bits per heavy atom. The second-order valence-electron chi connectivity index (χ2n) is 8.73. The third kappa shape index (κ3) is 4.18. The quantitative estimate of drug-likeness (QED) is 0.543. The molecule has 180 valence electrons. The largest absolute Gasteiger partial charge is 0.339 e. The SMILES string of the molecule is O=C(c1cc(F)cc(F)c1)N1CCC([C@@]2(c3cccnc3)NC(=O)N(Cc3ccsc3)C2=O)CC1. The Balaban J connectivity index is 1.40. The zero-order valence-corrected chi connectivity index (χ0v) is 19.4. The molecule has 2 saturated heterocycles. The zero-order chi connectivity index (χ0) is 24.6. The van der Waals surface area contributed by atoms with Gasteiger partial charge in [0.05, 0.1) is 6.54 Å². The molecule has 1 aromatic carbocycles. The maximum atomic E-state index is 13.8. The van der Waals surface area contributed by atoms with Crippen LogP contribution in [0.2, 0.25) is 0 Å². The Morgan fingerprint density at radius 2 is 1.89 bits per heavy atom. The highest BCUT2D eigenvalue weighted by molar-refractivity contribution is 7.07. The van der Waals surface area contributed by atoms with Crippen molar-refractivity contribution in [2.45, 2.75) is 24.9 Å². The van der Waals surface area contributed by atoms with E-state index in [-0.39, 0.29) is 37.0 Å². The van der Waals surface area contributed by atoms with Crippen LogP contribution in [-0.2, 0) is 16.9 Å². The van der Waals surface area contributed by atoms with Crippen LogP contribution < -0.4 is 5.32 Å². The number of urea groups is 1. The van der Waals surface area contributed by atoms with Crippen LogP contribution in [0.15, 0.2) is 59.6 Å². The second-order valence-corrected chi connectivity index (χ2v) is 9.51. The molecule has 5 rings (SSSR count). The highest BCUT2D eigenvalue weighted by atomic mass is 32.1. The monoisotopic (exact) mass is 496 g/mol. The second kappa shape index (κ2) is 9.18. The fourth-order valence-electron chi connectivity index (χ4n) is 4.98. The van der Waals surface area contributed by atoms with Gasteiger partial charge in [0.25, 0.3) is 11.8 Å². The number of hydrogen-bond acceptors (Lipinski definition) is 5. The lowest BCUT2D eigenvalue weighted by Crippen LogP contribution is -2.54. The molecular formula is C25H22F2N4O3S. The number of nitrogens with one attached hydrogen (secondary N) is 1. The van der Waals surface area contributed by atoms with Gasteiger partial charge in [0.15, 0.2) is 5.54 Å². The standard InChI is InChI=1S/C25H22F2N4O3S/c26-20-10-17(11-21(27)12-20)22(32)30-7-3-18(4-8-30)25(19-2-1-6-28-13-19)23(33)31(24(34)29-25)14-16-5-9-35-15-16/h1-2,5-6,9-13,15,18H,3-4,7-8,14H2,(H,29,34)/t25-/m0/s1. The summed E-state index contributed by atoms with van der Waals surface area (Å²) < 4.78 is 27.2. The molecule has 4 heterocycles. The summed E-state index contributed by atoms with van der Waals surface area (Å²) in [5, 5.41) is 6.74. The molecule has 0 aliphatic carbocycles. The summed E-state index contributed by atoms with van der Waals surface area (Å²) in [6, 6.07) is 7.63. The number of aromatic nitrogens is 1. The minimum atomic E-state index is -1.30. The number of pyridine rings is 1. The third-order valence-corrected chi connectivity index (χ3v) is 7.41. The number of likely N-dealkylation sites (tertiary alicyclic amines) is 1. The lowest BCUT2D eigenvalue weighted by Gasteiger charge is -2.41. The number of nitrogens with zero attached hydrogens (tertiary/aromatic N) is 3. The van der Waals surface area contributed by atoms with Crippen molar-refractivity contribution in [1.82, 2.24) is 20.1 Å². The van der Waals surface area contributed by atoms with Crippen molar-refractivity contribution in [3.63, 3.8) is 0 Å². The molecule has 4 amide bonds. The summed E-state index contributed by atoms with van der Waals surface area (Å²) in [4.78, 5) is 46.6. The van der Waals surface area contributed by atoms with E-state index < -0.39 is 29.1 Å². The molecule has 0 bridgehead atoms. The van der Waals surface area contributed by atoms with Crippen molar-refractivity contribution in [3.8, 4) is 0 Å². The molecular weight excluding hydrogens is 474 g/mol. The third-order valence-electron chi connectivity index (χ3n) is 6.67. The predicted molar refractivity (Wildman–Crippen MR) is 124 cm³/mol. The molecule has 7 nitrogen and oxygen atoms in total. The molecule has 35 heavy (non-hydrogen) atoms. The predicted octanol–water partition coefficient (Wildman–Crippen LogP) is 3.92. The van der Waals surface area contributed by atoms with E-state index in [0.29, 0.717) is 18.4 Å². The number of imide groups is 1. The molecule has 1 N–H and O–H groups in total. The van der Waals surface area contributed by atoms with Crippen LogP contribution in [0.3, 0.4) is 0 Å². The molecule has 2 fully saturated rings. The number of carbonyl (C=O) groups excluding carboxylic acids is 3. The van der Waals surface area contributed by atoms with E-state index in [9.17, 15) is 23.2 Å². The summed E-state index contributed by atoms with van der Waals surface area (Å²) in [6.45, 7) is 0.716. The van der Waals surface area contributed by atoms with Crippen molar-refractivity contribution in [2.24, 2.45) is 5.92 Å². The van der Waals surface area contributed by atoms with Crippen LogP contribution in [0.1, 0.15) is 34.3 Å². The van der Waals surface area contributed by atoms with Crippen molar-refractivity contribution >= 4 is 29.2 Å². The molecule has 0 saturated carbocycles. The van der Waals surface area contributed by atoms with E-state index in [1.165, 1.54) is 21.1 Å². The summed E-state index contributed by atoms with van der Waals surface area (Å²) in [5.41, 5.74) is 0.0862. The highest BCUT2D eigenvalue weighted by Crippen LogP contribution is 2.41. The van der Waals surface area contributed by atoms with Gasteiger partial charge in [-0.1, -0.05) is 6.07 Å². The number of halogens is 2. The van der Waals surface area contributed by atoms with Crippen LogP contribution in [-0.4, -0.2) is 45.7 Å². The van der Waals surface area contributed by atoms with Gasteiger partial charge in [0, 0.05) is 42.7 Å². The van der Waals surface area contributed by atoms with E-state index in [0.717, 1.165) is 23.8 Å². The van der Waals surface area contributed by atoms with E-state index in [2.05, 4.69) is 10.3 Å². The summed E-state index contributed by atoms with van der Waals surface area (Å²) in [5.74, 6) is -2.76. The van der Waals surface area contributed by atoms with Crippen molar-refractivity contribution < 1.29 is 23.2 Å². The van der Waals surface area contributed by atoms with Gasteiger partial charge in [-0.2, -0.15) is 11.3 Å². The number of benzene rings is 1. The molecule has 2 aromatic heterocycles. The van der Waals surface area contributed by atoms with E-state index in [1.54, 1.807) is 24.5 Å². The average Bonchev–Trinajstić information content (AvgIpc) is 3.46. The number of carbonyl (C=O) groups is 3. The van der Waals surface area contributed by atoms with Crippen molar-refractivity contribution in [1.29, 1.82) is 0 Å². The van der Waals surface area contributed by atoms with Crippen LogP contribution in [0, 0.1) is 17.6 Å². The smallest absolute Gasteiger partial charge is 0.325 e. The lowest BCUT2D eigenvalue weighted by molar-refractivity contribution is -0.134. The topological polar surface area (TPSA) is 82.6 Å². The first kappa shape index (κ1) is 23.1. The molecule has 2 aliphatic heterocycles. The molecule has 3 aromatic rings. The fourth-order valence-corrected chi connectivity index (χ4v) is 5.64. The van der Waals surface area contributed by atoms with Crippen molar-refractivity contribution in [3.05, 3.63) is 87.9 Å². The van der Waals surface area contributed by atoms with E-state index in [1.807, 2.05) is 16.8 Å². The Morgan fingerprint density at radius 3 is 2.51 bits per heavy atom. The summed E-state index contributed by atoms with van der Waals surface area (Å²) >= 11 is 1.49. The van der Waals surface area contributed by atoms with Gasteiger partial charge < -0.3 is 10.2 Å². The Hall–Kier alpha value is -3.66. The zero-order valence-electron chi connectivity index (χ0n) is 18.6. The van der Waals surface area contributed by atoms with Gasteiger partial charge in [-0.25, -0.2) is 13.6 Å². The van der Waals surface area contributed by atoms with Gasteiger partial charge in [-0.15, -0.1) is 0 Å². The first-order chi connectivity index (χ1) is 16.9. The van der Waals surface area contributed by atoms with Gasteiger partial charge in [-0.05, 0) is 59.3 Å². The van der Waals surface area contributed by atoms with Gasteiger partial charge >= 0.3 is 6.03 Å². The number of rotatable bonds is 5. The van der Waals surface area contributed by atoms with Gasteiger partial charge in [0.1, 0.15) is 11.6 Å². The minimum absolute atomic E-state index is 0.0601. The first-order valence-electron chi connectivity index (χ1n) is 11.2. The lowest BCUT2D eigenvalue weighted by atomic mass is 9.73.